The molecule has 2 aromatic rings. The van der Waals surface area contributed by atoms with Gasteiger partial charge in [-0.15, -0.1) is 11.8 Å². The van der Waals surface area contributed by atoms with Gasteiger partial charge in [-0.2, -0.15) is 0 Å². The zero-order valence-corrected chi connectivity index (χ0v) is 15.8. The summed E-state index contributed by atoms with van der Waals surface area (Å²) in [5.74, 6) is -1.40. The summed E-state index contributed by atoms with van der Waals surface area (Å²) in [5, 5.41) is 23.6. The third-order valence-corrected chi connectivity index (χ3v) is 6.19. The number of hydrogen-bond donors (Lipinski definition) is 2. The molecule has 0 radical (unpaired) electrons. The van der Waals surface area contributed by atoms with Crippen molar-refractivity contribution in [1.82, 2.24) is 4.90 Å². The molecule has 0 bridgehead atoms. The Morgan fingerprint density at radius 3 is 2.61 bits per heavy atom. The summed E-state index contributed by atoms with van der Waals surface area (Å²) in [6.07, 6.45) is 3.86. The summed E-state index contributed by atoms with van der Waals surface area (Å²) < 4.78 is 2.04. The molecule has 2 N–H and O–H groups in total. The number of nitrogens with zero attached hydrogens (tertiary/aromatic N) is 2. The molecule has 0 unspecified atom stereocenters. The van der Waals surface area contributed by atoms with Gasteiger partial charge in [-0.3, -0.25) is 9.69 Å². The van der Waals surface area contributed by atoms with Crippen LogP contribution in [0.3, 0.4) is 0 Å². The van der Waals surface area contributed by atoms with Crippen molar-refractivity contribution in [2.45, 2.75) is 18.0 Å². The fourth-order valence-corrected chi connectivity index (χ4v) is 4.76. The molecule has 1 saturated heterocycles. The van der Waals surface area contributed by atoms with Gasteiger partial charge in [-0.25, -0.2) is 4.57 Å². The summed E-state index contributed by atoms with van der Waals surface area (Å²) in [6.45, 7) is 0.352. The molecule has 7 nitrogen and oxygen atoms in total. The van der Waals surface area contributed by atoms with Crippen LogP contribution in [0.2, 0.25) is 0 Å². The summed E-state index contributed by atoms with van der Waals surface area (Å²) in [5.41, 5.74) is 2.10. The number of thioether (sulfide) groups is 1. The van der Waals surface area contributed by atoms with E-state index in [1.165, 1.54) is 22.2 Å². The number of aliphatic carboxylic acids is 1. The maximum absolute atomic E-state index is 12.5. The highest BCUT2D eigenvalue weighted by Gasteiger charge is 2.52. The van der Waals surface area contributed by atoms with Crippen LogP contribution in [0, 0.1) is 0 Å². The average molecular weight is 397 g/mol. The van der Waals surface area contributed by atoms with Crippen molar-refractivity contribution < 1.29 is 24.4 Å². The Labute approximate surface area is 166 Å². The van der Waals surface area contributed by atoms with Gasteiger partial charge in [-0.1, -0.05) is 30.3 Å². The lowest BCUT2D eigenvalue weighted by Crippen LogP contribution is -2.68. The van der Waals surface area contributed by atoms with E-state index in [1.54, 1.807) is 0 Å². The number of hydrogen-bond acceptors (Lipinski definition) is 6. The third kappa shape index (κ3) is 3.36. The highest BCUT2D eigenvalue weighted by molar-refractivity contribution is 8.00. The Kier molecular flexibility index (Phi) is 5.06. The Morgan fingerprint density at radius 2 is 1.96 bits per heavy atom. The molecule has 2 atom stereocenters. The summed E-state index contributed by atoms with van der Waals surface area (Å²) in [7, 11) is 0. The van der Waals surface area contributed by atoms with Crippen LogP contribution in [0.4, 0.5) is 5.69 Å². The second kappa shape index (κ2) is 7.65. The summed E-state index contributed by atoms with van der Waals surface area (Å²) >= 11 is 1.43. The van der Waals surface area contributed by atoms with Crippen LogP contribution >= 0.6 is 11.8 Å². The molecule has 1 aromatic heterocycles. The molecule has 4 rings (SSSR count). The monoisotopic (exact) mass is 397 g/mol. The van der Waals surface area contributed by atoms with Crippen LogP contribution in [0.5, 0.6) is 0 Å². The highest BCUT2D eigenvalue weighted by Crippen LogP contribution is 2.40. The lowest BCUT2D eigenvalue weighted by molar-refractivity contribution is -0.688. The first-order chi connectivity index (χ1) is 13.6. The molecule has 0 spiro atoms. The molecule has 0 aliphatic carbocycles. The van der Waals surface area contributed by atoms with Crippen molar-refractivity contribution in [3.05, 3.63) is 71.7 Å². The van der Waals surface area contributed by atoms with Crippen molar-refractivity contribution in [3.63, 3.8) is 0 Å². The quantitative estimate of drug-likeness (QED) is 0.514. The molecule has 2 aliphatic heterocycles. The number of rotatable bonds is 6. The number of carbonyl (C=O) groups is 2. The van der Waals surface area contributed by atoms with E-state index in [1.807, 2.05) is 47.3 Å². The molecule has 0 saturated carbocycles. The number of carbonyl (C=O) groups excluding carboxylic acids is 2. The smallest absolute Gasteiger partial charge is 0.253 e. The number of fused-ring (bicyclic) bond motifs is 1. The molecular weight excluding hydrogens is 378 g/mol. The molecule has 1 amide bonds. The normalized spacial score (nSPS) is 21.2. The van der Waals surface area contributed by atoms with Gasteiger partial charge in [0.1, 0.15) is 11.4 Å². The van der Waals surface area contributed by atoms with Crippen molar-refractivity contribution in [3.8, 4) is 0 Å². The Bertz CT molecular complexity index is 930. The fraction of sp³-hybridized carbons (Fsp3) is 0.250. The number of aliphatic hydroxyl groups is 1. The predicted molar refractivity (Wildman–Crippen MR) is 102 cm³/mol. The van der Waals surface area contributed by atoms with E-state index in [9.17, 15) is 19.8 Å². The molecule has 144 valence electrons. The number of pyridine rings is 1. The van der Waals surface area contributed by atoms with Crippen LogP contribution < -0.4 is 15.0 Å². The number of nitrogens with one attached hydrogen (secondary N) is 1. The van der Waals surface area contributed by atoms with Gasteiger partial charge in [0, 0.05) is 29.1 Å². The van der Waals surface area contributed by atoms with Crippen molar-refractivity contribution in [1.29, 1.82) is 0 Å². The van der Waals surface area contributed by atoms with Crippen LogP contribution in [-0.4, -0.2) is 45.7 Å². The molecular formula is C20H19N3O4S. The number of carboxylic acids is 1. The molecule has 2 aliphatic rings. The lowest BCUT2D eigenvalue weighted by Gasteiger charge is -2.51. The number of carboxylic acid groups (broad SMARTS) is 1. The number of β-lactam (4-membered cyclic amide) rings is 1. The first kappa shape index (κ1) is 18.5. The largest absolute Gasteiger partial charge is 0.543 e. The first-order valence-electron chi connectivity index (χ1n) is 8.87. The SMILES string of the molecule is O=C([O-])C1=C(CO)CS[C@@H]2[C@H](Nc3cc[n+](Cc4ccccc4)cc3)C(=O)N12. The Balaban J connectivity index is 1.44. The number of aliphatic hydroxyl groups excluding tert-OH is 1. The lowest BCUT2D eigenvalue weighted by atomic mass is 10.0. The minimum Gasteiger partial charge on any atom is -0.543 e. The maximum atomic E-state index is 12.5. The van der Waals surface area contributed by atoms with Crippen LogP contribution in [-0.2, 0) is 16.1 Å². The van der Waals surface area contributed by atoms with E-state index in [4.69, 9.17) is 0 Å². The van der Waals surface area contributed by atoms with E-state index in [2.05, 4.69) is 17.4 Å². The van der Waals surface area contributed by atoms with E-state index in [0.717, 1.165) is 12.2 Å². The number of anilines is 1. The van der Waals surface area contributed by atoms with Crippen LogP contribution in [0.1, 0.15) is 5.56 Å². The molecule has 8 heteroatoms. The minimum absolute atomic E-state index is 0.192. The standard InChI is InChI=1S/C20H19N3O4S/c24-11-14-12-28-19-16(18(25)23(19)17(14)20(26)27)21-15-6-8-22(9-7-15)10-13-4-2-1-3-5-13/h1-9,16,19,24H,10-12H2,(H,26,27)/t16-,19-/m1/s1. The minimum atomic E-state index is -1.43. The molecule has 3 heterocycles. The second-order valence-electron chi connectivity index (χ2n) is 6.67. The van der Waals surface area contributed by atoms with Gasteiger partial charge in [-0.05, 0) is 5.57 Å². The number of aromatic nitrogens is 1. The molecule has 28 heavy (non-hydrogen) atoms. The Hall–Kier alpha value is -2.84. The maximum Gasteiger partial charge on any atom is 0.253 e. The van der Waals surface area contributed by atoms with Crippen molar-refractivity contribution in [2.75, 3.05) is 17.7 Å². The molecule has 1 fully saturated rings. The molecule has 1 aromatic carbocycles. The van der Waals surface area contributed by atoms with Gasteiger partial charge in [0.05, 0.1) is 18.3 Å². The van der Waals surface area contributed by atoms with Gasteiger partial charge in [0.15, 0.2) is 18.9 Å². The van der Waals surface area contributed by atoms with Crippen molar-refractivity contribution >= 4 is 29.3 Å². The summed E-state index contributed by atoms with van der Waals surface area (Å²) in [6, 6.07) is 13.4. The Morgan fingerprint density at radius 1 is 1.25 bits per heavy atom. The first-order valence-corrected chi connectivity index (χ1v) is 9.92. The van der Waals surface area contributed by atoms with E-state index >= 15 is 0 Å². The van der Waals surface area contributed by atoms with Gasteiger partial charge >= 0.3 is 0 Å². The third-order valence-electron chi connectivity index (χ3n) is 4.85. The van der Waals surface area contributed by atoms with Gasteiger partial charge < -0.3 is 20.3 Å². The predicted octanol–water partition coefficient (Wildman–Crippen LogP) is -0.286. The topological polar surface area (TPSA) is 96.6 Å². The van der Waals surface area contributed by atoms with E-state index in [-0.39, 0.29) is 17.0 Å². The number of amides is 1. The average Bonchev–Trinajstić information content (AvgIpc) is 2.72. The zero-order chi connectivity index (χ0) is 19.7. The van der Waals surface area contributed by atoms with E-state index in [0.29, 0.717) is 11.3 Å². The zero-order valence-electron chi connectivity index (χ0n) is 14.9. The van der Waals surface area contributed by atoms with Crippen molar-refractivity contribution in [2.24, 2.45) is 0 Å². The number of benzene rings is 1. The second-order valence-corrected chi connectivity index (χ2v) is 7.78. The van der Waals surface area contributed by atoms with Crippen LogP contribution in [0.15, 0.2) is 66.1 Å². The van der Waals surface area contributed by atoms with Crippen LogP contribution in [0.25, 0.3) is 0 Å². The van der Waals surface area contributed by atoms with Gasteiger partial charge in [0.25, 0.3) is 5.91 Å². The highest BCUT2D eigenvalue weighted by atomic mass is 32.2. The fourth-order valence-electron chi connectivity index (χ4n) is 3.43. The summed E-state index contributed by atoms with van der Waals surface area (Å²) in [4.78, 5) is 25.1. The van der Waals surface area contributed by atoms with E-state index < -0.39 is 18.6 Å². The van der Waals surface area contributed by atoms with Gasteiger partial charge in [0.2, 0.25) is 0 Å².